The van der Waals surface area contributed by atoms with Gasteiger partial charge in [0.2, 0.25) is 0 Å². The molecule has 1 aliphatic heterocycles. The number of methoxy groups -OCH3 is 1. The Morgan fingerprint density at radius 2 is 1.91 bits per heavy atom. The molecule has 3 rings (SSSR count). The fourth-order valence-corrected chi connectivity index (χ4v) is 3.56. The van der Waals surface area contributed by atoms with Crippen molar-refractivity contribution in [2.24, 2.45) is 5.92 Å². The van der Waals surface area contributed by atoms with E-state index in [1.807, 2.05) is 24.3 Å². The van der Waals surface area contributed by atoms with Crippen molar-refractivity contribution in [3.63, 3.8) is 0 Å². The van der Waals surface area contributed by atoms with Crippen LogP contribution in [0.4, 0.5) is 18.0 Å². The van der Waals surface area contributed by atoms with E-state index in [1.54, 1.807) is 12.0 Å². The number of nitrogens with one attached hydrogen (secondary N) is 1. The van der Waals surface area contributed by atoms with Gasteiger partial charge in [0.05, 0.1) is 25.8 Å². The number of hydrogen-bond donors (Lipinski definition) is 2. The quantitative estimate of drug-likeness (QED) is 0.673. The molecule has 0 bridgehead atoms. The fraction of sp³-hybridized carbons (Fsp3) is 0.435. The summed E-state index contributed by atoms with van der Waals surface area (Å²) in [6, 6.07) is 12.1. The molecule has 1 fully saturated rings. The number of amides is 2. The number of rotatable bonds is 7. The van der Waals surface area contributed by atoms with Gasteiger partial charge in [-0.2, -0.15) is 13.2 Å². The molecule has 0 spiro atoms. The molecule has 9 heteroatoms. The number of benzene rings is 2. The Kier molecular flexibility index (Phi) is 7.98. The van der Waals surface area contributed by atoms with E-state index in [0.717, 1.165) is 23.4 Å². The third kappa shape index (κ3) is 6.37. The summed E-state index contributed by atoms with van der Waals surface area (Å²) in [7, 11) is 1.59. The van der Waals surface area contributed by atoms with Crippen LogP contribution in [0.3, 0.4) is 0 Å². The van der Waals surface area contributed by atoms with Gasteiger partial charge in [-0.3, -0.25) is 0 Å². The van der Waals surface area contributed by atoms with Crippen molar-refractivity contribution in [2.75, 3.05) is 40.0 Å². The van der Waals surface area contributed by atoms with Crippen LogP contribution in [0.15, 0.2) is 48.5 Å². The molecule has 2 aromatic rings. The number of nitrogens with zero attached hydrogens (tertiary/aromatic N) is 1. The zero-order chi connectivity index (χ0) is 23.1. The third-order valence-corrected chi connectivity index (χ3v) is 5.45. The average molecular weight is 452 g/mol. The van der Waals surface area contributed by atoms with Gasteiger partial charge in [0.1, 0.15) is 11.9 Å². The predicted octanol–water partition coefficient (Wildman–Crippen LogP) is 3.65. The normalized spacial score (nSPS) is 17.7. The van der Waals surface area contributed by atoms with Crippen molar-refractivity contribution in [2.45, 2.75) is 18.7 Å². The number of aliphatic hydroxyl groups is 1. The summed E-state index contributed by atoms with van der Waals surface area (Å²) >= 11 is 0. The number of aliphatic hydroxyl groups excluding tert-OH is 1. The number of carbonyl (C=O) groups excluding carboxylic acids is 1. The molecule has 0 aromatic heterocycles. The summed E-state index contributed by atoms with van der Waals surface area (Å²) in [4.78, 5) is 14.3. The van der Waals surface area contributed by atoms with E-state index in [0.29, 0.717) is 31.7 Å². The Bertz CT molecular complexity index is 872. The first-order valence-corrected chi connectivity index (χ1v) is 10.4. The number of hydrogen-bond acceptors (Lipinski definition) is 4. The van der Waals surface area contributed by atoms with E-state index in [4.69, 9.17) is 9.47 Å². The molecule has 1 saturated heterocycles. The molecule has 1 heterocycles. The molecular weight excluding hydrogens is 425 g/mol. The molecule has 2 aromatic carbocycles. The lowest BCUT2D eigenvalue weighted by Crippen LogP contribution is -2.48. The highest BCUT2D eigenvalue weighted by atomic mass is 19.4. The lowest BCUT2D eigenvalue weighted by Gasteiger charge is -2.33. The highest BCUT2D eigenvalue weighted by Gasteiger charge is 2.30. The highest BCUT2D eigenvalue weighted by molar-refractivity contribution is 5.74. The van der Waals surface area contributed by atoms with E-state index < -0.39 is 11.7 Å². The van der Waals surface area contributed by atoms with Gasteiger partial charge in [0.25, 0.3) is 0 Å². The smallest absolute Gasteiger partial charge is 0.416 e. The molecular formula is C23H27F3N2O4. The van der Waals surface area contributed by atoms with Crippen LogP contribution < -0.4 is 10.1 Å². The predicted molar refractivity (Wildman–Crippen MR) is 112 cm³/mol. The van der Waals surface area contributed by atoms with Crippen molar-refractivity contribution >= 4 is 6.03 Å². The summed E-state index contributed by atoms with van der Waals surface area (Å²) < 4.78 is 49.0. The number of urea groups is 1. The fourth-order valence-electron chi connectivity index (χ4n) is 3.56. The number of ether oxygens (including phenoxy) is 2. The van der Waals surface area contributed by atoms with Crippen LogP contribution in [0.25, 0.3) is 0 Å². The Morgan fingerprint density at radius 3 is 2.50 bits per heavy atom. The monoisotopic (exact) mass is 452 g/mol. The SMILES string of the molecule is COc1ccc(C2CN(C(=O)NCC(CO)Cc3ccc(C(F)(F)F)cc3)CCO2)cc1. The second kappa shape index (κ2) is 10.7. The summed E-state index contributed by atoms with van der Waals surface area (Å²) in [6.07, 6.45) is -4.28. The van der Waals surface area contributed by atoms with Crippen molar-refractivity contribution in [3.8, 4) is 5.75 Å². The van der Waals surface area contributed by atoms with Crippen molar-refractivity contribution in [1.29, 1.82) is 0 Å². The first-order chi connectivity index (χ1) is 15.3. The van der Waals surface area contributed by atoms with Crippen LogP contribution in [0, 0.1) is 5.92 Å². The van der Waals surface area contributed by atoms with Gasteiger partial charge >= 0.3 is 12.2 Å². The van der Waals surface area contributed by atoms with Crippen LogP contribution in [-0.4, -0.2) is 56.0 Å². The van der Waals surface area contributed by atoms with Crippen LogP contribution >= 0.6 is 0 Å². The van der Waals surface area contributed by atoms with Crippen molar-refractivity contribution < 1.29 is 32.5 Å². The topological polar surface area (TPSA) is 71.0 Å². The second-order valence-corrected chi connectivity index (χ2v) is 7.71. The van der Waals surface area contributed by atoms with Crippen LogP contribution in [-0.2, 0) is 17.3 Å². The molecule has 32 heavy (non-hydrogen) atoms. The third-order valence-electron chi connectivity index (χ3n) is 5.45. The molecule has 2 atom stereocenters. The maximum atomic E-state index is 12.7. The van der Waals surface area contributed by atoms with E-state index in [2.05, 4.69) is 5.32 Å². The Morgan fingerprint density at radius 1 is 1.22 bits per heavy atom. The van der Waals surface area contributed by atoms with Crippen LogP contribution in [0.1, 0.15) is 22.8 Å². The molecule has 2 amide bonds. The van der Waals surface area contributed by atoms with Crippen LogP contribution in [0.2, 0.25) is 0 Å². The Balaban J connectivity index is 1.51. The number of carbonyl (C=O) groups is 1. The number of morpholine rings is 1. The minimum atomic E-state index is -4.38. The molecule has 2 N–H and O–H groups in total. The minimum Gasteiger partial charge on any atom is -0.497 e. The number of alkyl halides is 3. The van der Waals surface area contributed by atoms with E-state index in [1.165, 1.54) is 12.1 Å². The maximum absolute atomic E-state index is 12.7. The average Bonchev–Trinajstić information content (AvgIpc) is 2.81. The van der Waals surface area contributed by atoms with Gasteiger partial charge < -0.3 is 24.8 Å². The zero-order valence-electron chi connectivity index (χ0n) is 17.8. The number of halogens is 3. The van der Waals surface area contributed by atoms with Gasteiger partial charge in [0, 0.05) is 25.6 Å². The zero-order valence-corrected chi connectivity index (χ0v) is 17.8. The Hall–Kier alpha value is -2.78. The van der Waals surface area contributed by atoms with Gasteiger partial charge in [-0.05, 0) is 41.8 Å². The van der Waals surface area contributed by atoms with E-state index >= 15 is 0 Å². The van der Waals surface area contributed by atoms with Gasteiger partial charge in [-0.25, -0.2) is 4.79 Å². The lowest BCUT2D eigenvalue weighted by atomic mass is 9.99. The Labute approximate surface area is 184 Å². The molecule has 2 unspecified atom stereocenters. The van der Waals surface area contributed by atoms with Crippen molar-refractivity contribution in [1.82, 2.24) is 10.2 Å². The minimum absolute atomic E-state index is 0.196. The molecule has 6 nitrogen and oxygen atoms in total. The van der Waals surface area contributed by atoms with E-state index in [-0.39, 0.29) is 31.2 Å². The van der Waals surface area contributed by atoms with Gasteiger partial charge in [-0.15, -0.1) is 0 Å². The summed E-state index contributed by atoms with van der Waals surface area (Å²) in [6.45, 7) is 1.25. The second-order valence-electron chi connectivity index (χ2n) is 7.71. The largest absolute Gasteiger partial charge is 0.497 e. The lowest BCUT2D eigenvalue weighted by molar-refractivity contribution is -0.137. The summed E-state index contributed by atoms with van der Waals surface area (Å²) in [5, 5.41) is 12.5. The summed E-state index contributed by atoms with van der Waals surface area (Å²) in [5.41, 5.74) is 0.893. The highest BCUT2D eigenvalue weighted by Crippen LogP contribution is 2.29. The molecule has 0 aliphatic carbocycles. The van der Waals surface area contributed by atoms with Crippen molar-refractivity contribution in [3.05, 3.63) is 65.2 Å². The van der Waals surface area contributed by atoms with Gasteiger partial charge in [-0.1, -0.05) is 24.3 Å². The molecule has 1 aliphatic rings. The molecule has 0 radical (unpaired) electrons. The van der Waals surface area contributed by atoms with Gasteiger partial charge in [0.15, 0.2) is 0 Å². The first-order valence-electron chi connectivity index (χ1n) is 10.4. The molecule has 174 valence electrons. The first kappa shape index (κ1) is 23.9. The summed E-state index contributed by atoms with van der Waals surface area (Å²) in [5.74, 6) is 0.427. The maximum Gasteiger partial charge on any atom is 0.416 e. The molecule has 0 saturated carbocycles. The standard InChI is InChI=1S/C23H27F3N2O4/c1-31-20-8-4-18(5-9-20)21-14-28(10-11-32-21)22(30)27-13-17(15-29)12-16-2-6-19(7-3-16)23(24,25)26/h2-9,17,21,29H,10-15H2,1H3,(H,27,30). The van der Waals surface area contributed by atoms with E-state index in [9.17, 15) is 23.1 Å². The van der Waals surface area contributed by atoms with Crippen LogP contribution in [0.5, 0.6) is 5.75 Å².